The van der Waals surface area contributed by atoms with E-state index in [4.69, 9.17) is 0 Å². The van der Waals surface area contributed by atoms with E-state index in [2.05, 4.69) is 10.6 Å². The molecule has 0 aromatic heterocycles. The fourth-order valence-electron chi connectivity index (χ4n) is 1.73. The number of nitrogens with one attached hydrogen (secondary N) is 2. The van der Waals surface area contributed by atoms with E-state index in [0.29, 0.717) is 0 Å². The van der Waals surface area contributed by atoms with Gasteiger partial charge in [0.05, 0.1) is 12.1 Å². The van der Waals surface area contributed by atoms with Gasteiger partial charge in [-0.2, -0.15) is 0 Å². The molecule has 0 aliphatic rings. The third-order valence-corrected chi connectivity index (χ3v) is 3.04. The Kier molecular flexibility index (Phi) is 7.59. The molecule has 0 heterocycles. The number of rotatable bonds is 7. The maximum Gasteiger partial charge on any atom is 0.238 e. The maximum absolute atomic E-state index is 11.9. The molecular weight excluding hydrogens is 230 g/mol. The molecule has 5 nitrogen and oxygen atoms in total. The Morgan fingerprint density at radius 2 is 1.56 bits per heavy atom. The quantitative estimate of drug-likeness (QED) is 0.707. The van der Waals surface area contributed by atoms with Gasteiger partial charge in [0.25, 0.3) is 0 Å². The van der Waals surface area contributed by atoms with Gasteiger partial charge in [0.1, 0.15) is 0 Å². The van der Waals surface area contributed by atoms with E-state index in [9.17, 15) is 9.59 Å². The van der Waals surface area contributed by atoms with Crippen LogP contribution in [0, 0.1) is 0 Å². The first-order chi connectivity index (χ1) is 8.33. The molecule has 0 saturated heterocycles. The summed E-state index contributed by atoms with van der Waals surface area (Å²) in [7, 11) is 3.41. The summed E-state index contributed by atoms with van der Waals surface area (Å²) in [6.45, 7) is 7.63. The van der Waals surface area contributed by atoms with Crippen molar-refractivity contribution >= 4 is 11.8 Å². The molecule has 0 aromatic carbocycles. The van der Waals surface area contributed by atoms with Gasteiger partial charge in [-0.1, -0.05) is 13.8 Å². The minimum Gasteiger partial charge on any atom is -0.352 e. The van der Waals surface area contributed by atoms with E-state index in [1.807, 2.05) is 13.8 Å². The van der Waals surface area contributed by atoms with Crippen molar-refractivity contribution in [3.8, 4) is 0 Å². The van der Waals surface area contributed by atoms with E-state index in [1.54, 1.807) is 27.9 Å². The fourth-order valence-corrected chi connectivity index (χ4v) is 1.73. The van der Waals surface area contributed by atoms with Gasteiger partial charge >= 0.3 is 0 Å². The van der Waals surface area contributed by atoms with Crippen LogP contribution in [0.3, 0.4) is 0 Å². The molecule has 106 valence electrons. The third-order valence-electron chi connectivity index (χ3n) is 3.04. The first-order valence-corrected chi connectivity index (χ1v) is 6.61. The molecular formula is C13H27N3O2. The van der Waals surface area contributed by atoms with Crippen molar-refractivity contribution in [1.29, 1.82) is 0 Å². The molecule has 2 unspecified atom stereocenters. The lowest BCUT2D eigenvalue weighted by Crippen LogP contribution is -2.52. The number of likely N-dealkylation sites (N-methyl/N-ethyl adjacent to an activating group) is 1. The highest BCUT2D eigenvalue weighted by atomic mass is 16.2. The second-order valence-corrected chi connectivity index (χ2v) is 4.86. The van der Waals surface area contributed by atoms with E-state index < -0.39 is 0 Å². The van der Waals surface area contributed by atoms with Crippen LogP contribution in [0.2, 0.25) is 0 Å². The van der Waals surface area contributed by atoms with Crippen LogP contribution in [0.15, 0.2) is 0 Å². The first-order valence-electron chi connectivity index (χ1n) is 6.61. The van der Waals surface area contributed by atoms with Crippen molar-refractivity contribution in [3.05, 3.63) is 0 Å². The summed E-state index contributed by atoms with van der Waals surface area (Å²) in [6.07, 6.45) is 1.84. The highest BCUT2D eigenvalue weighted by Crippen LogP contribution is 1.98. The largest absolute Gasteiger partial charge is 0.352 e. The number of hydrogen-bond donors (Lipinski definition) is 2. The van der Waals surface area contributed by atoms with Gasteiger partial charge in [0.2, 0.25) is 11.8 Å². The Morgan fingerprint density at radius 1 is 1.06 bits per heavy atom. The van der Waals surface area contributed by atoms with Gasteiger partial charge in [-0.05, 0) is 26.7 Å². The molecule has 0 fully saturated rings. The Balaban J connectivity index is 4.27. The lowest BCUT2D eigenvalue weighted by atomic mass is 10.1. The normalized spacial score (nSPS) is 14.2. The highest BCUT2D eigenvalue weighted by molar-refractivity contribution is 5.84. The lowest BCUT2D eigenvalue weighted by molar-refractivity contribution is -0.131. The molecule has 18 heavy (non-hydrogen) atoms. The van der Waals surface area contributed by atoms with Crippen LogP contribution in [-0.4, -0.2) is 48.9 Å². The fraction of sp³-hybridized carbons (Fsp3) is 0.846. The van der Waals surface area contributed by atoms with Crippen LogP contribution in [0.25, 0.3) is 0 Å². The molecule has 0 spiro atoms. The predicted molar refractivity (Wildman–Crippen MR) is 73.3 cm³/mol. The smallest absolute Gasteiger partial charge is 0.238 e. The number of amides is 2. The topological polar surface area (TPSA) is 61.4 Å². The molecule has 0 bridgehead atoms. The summed E-state index contributed by atoms with van der Waals surface area (Å²) < 4.78 is 0. The molecule has 2 amide bonds. The van der Waals surface area contributed by atoms with Gasteiger partial charge in [0, 0.05) is 20.1 Å². The average Bonchev–Trinajstić information content (AvgIpc) is 2.33. The molecule has 0 aliphatic heterocycles. The summed E-state index contributed by atoms with van der Waals surface area (Å²) in [5.74, 6) is -0.0840. The van der Waals surface area contributed by atoms with E-state index in [-0.39, 0.29) is 29.9 Å². The number of carbonyl (C=O) groups is 2. The SMILES string of the molecule is CCC(CC)NC(=O)C(C)NC(C)C(=O)N(C)C. The van der Waals surface area contributed by atoms with Gasteiger partial charge in [-0.25, -0.2) is 0 Å². The van der Waals surface area contributed by atoms with Crippen molar-refractivity contribution in [2.45, 2.75) is 58.7 Å². The second-order valence-electron chi connectivity index (χ2n) is 4.86. The standard InChI is InChI=1S/C13H27N3O2/c1-7-11(8-2)15-12(17)9(3)14-10(4)13(18)16(5)6/h9-11,14H,7-8H2,1-6H3,(H,15,17). The molecule has 5 heteroatoms. The van der Waals surface area contributed by atoms with E-state index >= 15 is 0 Å². The Bertz CT molecular complexity index is 275. The maximum atomic E-state index is 11.9. The summed E-state index contributed by atoms with van der Waals surface area (Å²) in [4.78, 5) is 25.1. The van der Waals surface area contributed by atoms with Crippen LogP contribution in [0.5, 0.6) is 0 Å². The molecule has 2 atom stereocenters. The van der Waals surface area contributed by atoms with E-state index in [1.165, 1.54) is 4.90 Å². The predicted octanol–water partition coefficient (Wildman–Crippen LogP) is 0.746. The lowest BCUT2D eigenvalue weighted by Gasteiger charge is -2.23. The van der Waals surface area contributed by atoms with Crippen LogP contribution in [0.4, 0.5) is 0 Å². The highest BCUT2D eigenvalue weighted by Gasteiger charge is 2.21. The van der Waals surface area contributed by atoms with Crippen molar-refractivity contribution < 1.29 is 9.59 Å². The minimum absolute atomic E-state index is 0.0304. The van der Waals surface area contributed by atoms with E-state index in [0.717, 1.165) is 12.8 Å². The summed E-state index contributed by atoms with van der Waals surface area (Å²) in [6, 6.07) is -0.520. The Hall–Kier alpha value is -1.10. The van der Waals surface area contributed by atoms with Gasteiger partial charge in [-0.15, -0.1) is 0 Å². The molecule has 0 aliphatic carbocycles. The zero-order valence-corrected chi connectivity index (χ0v) is 12.4. The average molecular weight is 257 g/mol. The third kappa shape index (κ3) is 5.49. The molecule has 0 saturated carbocycles. The van der Waals surface area contributed by atoms with Crippen LogP contribution in [-0.2, 0) is 9.59 Å². The zero-order chi connectivity index (χ0) is 14.3. The zero-order valence-electron chi connectivity index (χ0n) is 12.4. The monoisotopic (exact) mass is 257 g/mol. The first kappa shape index (κ1) is 16.9. The molecule has 2 N–H and O–H groups in total. The summed E-state index contributed by atoms with van der Waals surface area (Å²) in [5.41, 5.74) is 0. The summed E-state index contributed by atoms with van der Waals surface area (Å²) >= 11 is 0. The van der Waals surface area contributed by atoms with Crippen LogP contribution < -0.4 is 10.6 Å². The number of hydrogen-bond acceptors (Lipinski definition) is 3. The Labute approximate surface area is 110 Å². The molecule has 0 radical (unpaired) electrons. The van der Waals surface area contributed by atoms with Crippen LogP contribution in [0.1, 0.15) is 40.5 Å². The second kappa shape index (κ2) is 8.08. The summed E-state index contributed by atoms with van der Waals surface area (Å²) in [5, 5.41) is 5.97. The van der Waals surface area contributed by atoms with Gasteiger partial charge < -0.3 is 10.2 Å². The Morgan fingerprint density at radius 3 is 1.94 bits per heavy atom. The van der Waals surface area contributed by atoms with Crippen molar-refractivity contribution in [1.82, 2.24) is 15.5 Å². The molecule has 0 aromatic rings. The molecule has 0 rings (SSSR count). The van der Waals surface area contributed by atoms with Gasteiger partial charge in [-0.3, -0.25) is 14.9 Å². The van der Waals surface area contributed by atoms with Crippen molar-refractivity contribution in [3.63, 3.8) is 0 Å². The number of carbonyl (C=O) groups excluding carboxylic acids is 2. The van der Waals surface area contributed by atoms with Crippen LogP contribution >= 0.6 is 0 Å². The minimum atomic E-state index is -0.371. The van der Waals surface area contributed by atoms with Crippen molar-refractivity contribution in [2.75, 3.05) is 14.1 Å². The van der Waals surface area contributed by atoms with Crippen molar-refractivity contribution in [2.24, 2.45) is 0 Å². The van der Waals surface area contributed by atoms with Gasteiger partial charge in [0.15, 0.2) is 0 Å². The number of nitrogens with zero attached hydrogens (tertiary/aromatic N) is 1.